The molecule has 134 valence electrons. The number of rotatable bonds is 3. The molecule has 0 bridgehead atoms. The average Bonchev–Trinajstić information content (AvgIpc) is 2.55. The molecule has 2 aromatic rings. The van der Waals surface area contributed by atoms with Gasteiger partial charge in [-0.15, -0.1) is 12.4 Å². The maximum atomic E-state index is 12.6. The van der Waals surface area contributed by atoms with Crippen molar-refractivity contribution in [2.24, 2.45) is 0 Å². The molecule has 1 fully saturated rings. The van der Waals surface area contributed by atoms with Gasteiger partial charge in [-0.25, -0.2) is 0 Å². The number of likely N-dealkylation sites (tertiary alicyclic amines) is 1. The van der Waals surface area contributed by atoms with Crippen molar-refractivity contribution in [2.45, 2.75) is 25.1 Å². The van der Waals surface area contributed by atoms with Crippen LogP contribution in [0.25, 0.3) is 0 Å². The summed E-state index contributed by atoms with van der Waals surface area (Å²) in [4.78, 5) is 14.5. The van der Waals surface area contributed by atoms with E-state index in [2.05, 4.69) is 4.90 Å². The van der Waals surface area contributed by atoms with E-state index < -0.39 is 11.7 Å². The van der Waals surface area contributed by atoms with Gasteiger partial charge in [0.2, 0.25) is 0 Å². The molecule has 2 nitrogen and oxygen atoms in total. The summed E-state index contributed by atoms with van der Waals surface area (Å²) in [6.07, 6.45) is -3.71. The van der Waals surface area contributed by atoms with Crippen molar-refractivity contribution in [1.82, 2.24) is 4.90 Å². The Kier molecular flexibility index (Phi) is 6.25. The lowest BCUT2D eigenvalue weighted by Gasteiger charge is -2.31. The number of nitrogens with zero attached hydrogens (tertiary/aromatic N) is 1. The highest BCUT2D eigenvalue weighted by Crippen LogP contribution is 2.32. The number of Topliss-reactive ketones (excluding diaryl/α,β-unsaturated/α-hetero) is 1. The Morgan fingerprint density at radius 3 is 2.20 bits per heavy atom. The predicted octanol–water partition coefficient (Wildman–Crippen LogP) is 4.69. The highest BCUT2D eigenvalue weighted by molar-refractivity contribution is 5.88. The van der Waals surface area contributed by atoms with Crippen molar-refractivity contribution in [3.05, 3.63) is 71.3 Å². The van der Waals surface area contributed by atoms with Crippen LogP contribution in [0.4, 0.5) is 13.2 Å². The Morgan fingerprint density at radius 2 is 1.64 bits per heavy atom. The van der Waals surface area contributed by atoms with Gasteiger partial charge in [0.15, 0.2) is 5.78 Å². The van der Waals surface area contributed by atoms with E-state index in [1.165, 1.54) is 12.1 Å². The summed E-state index contributed by atoms with van der Waals surface area (Å²) in [7, 11) is 0. The van der Waals surface area contributed by atoms with Crippen molar-refractivity contribution >= 4 is 18.2 Å². The standard InChI is InChI=1S/C19H18F3NO.ClH/c20-19(21,22)16-8-6-15(7-9-16)17-10-11-23(13-18(17)24)12-14-4-2-1-3-5-14;/h1-9,17H,10-13H2;1H. The van der Waals surface area contributed by atoms with Gasteiger partial charge in [-0.1, -0.05) is 42.5 Å². The molecule has 1 aliphatic rings. The topological polar surface area (TPSA) is 20.3 Å². The number of alkyl halides is 3. The highest BCUT2D eigenvalue weighted by atomic mass is 35.5. The molecular formula is C19H19ClF3NO. The van der Waals surface area contributed by atoms with Crippen LogP contribution < -0.4 is 0 Å². The molecule has 3 rings (SSSR count). The lowest BCUT2D eigenvalue weighted by atomic mass is 9.87. The van der Waals surface area contributed by atoms with Crippen LogP contribution in [0, 0.1) is 0 Å². The van der Waals surface area contributed by atoms with Crippen LogP contribution >= 0.6 is 12.4 Å². The number of ketones is 1. The summed E-state index contributed by atoms with van der Waals surface area (Å²) in [6, 6.07) is 14.9. The van der Waals surface area contributed by atoms with E-state index in [0.29, 0.717) is 25.1 Å². The normalized spacial score (nSPS) is 18.7. The first-order valence-corrected chi connectivity index (χ1v) is 7.89. The Bertz CT molecular complexity index is 701. The third-order valence-corrected chi connectivity index (χ3v) is 4.39. The van der Waals surface area contributed by atoms with E-state index in [4.69, 9.17) is 0 Å². The van der Waals surface area contributed by atoms with Crippen molar-refractivity contribution in [3.8, 4) is 0 Å². The van der Waals surface area contributed by atoms with Gasteiger partial charge in [0, 0.05) is 12.5 Å². The molecule has 2 aromatic carbocycles. The number of carbonyl (C=O) groups is 1. The minimum absolute atomic E-state index is 0. The zero-order valence-corrected chi connectivity index (χ0v) is 14.3. The first-order valence-electron chi connectivity index (χ1n) is 7.89. The van der Waals surface area contributed by atoms with Crippen LogP contribution in [0.2, 0.25) is 0 Å². The summed E-state index contributed by atoms with van der Waals surface area (Å²) in [5, 5.41) is 0. The third kappa shape index (κ3) is 4.83. The number of hydrogen-bond acceptors (Lipinski definition) is 2. The molecule has 0 spiro atoms. The first kappa shape index (κ1) is 19.5. The summed E-state index contributed by atoms with van der Waals surface area (Å²) in [5.41, 5.74) is 1.14. The molecular weight excluding hydrogens is 351 g/mol. The van der Waals surface area contributed by atoms with E-state index in [-0.39, 0.29) is 24.1 Å². The molecule has 1 unspecified atom stereocenters. The fraction of sp³-hybridized carbons (Fsp3) is 0.316. The Hall–Kier alpha value is -1.85. The zero-order valence-electron chi connectivity index (χ0n) is 13.5. The van der Waals surface area contributed by atoms with Crippen LogP contribution in [0.1, 0.15) is 29.0 Å². The fourth-order valence-electron chi connectivity index (χ4n) is 3.12. The molecule has 0 radical (unpaired) electrons. The lowest BCUT2D eigenvalue weighted by molar-refractivity contribution is -0.137. The number of piperidine rings is 1. The largest absolute Gasteiger partial charge is 0.416 e. The molecule has 1 atom stereocenters. The van der Waals surface area contributed by atoms with Crippen LogP contribution in [-0.4, -0.2) is 23.8 Å². The zero-order chi connectivity index (χ0) is 17.2. The second-order valence-corrected chi connectivity index (χ2v) is 6.12. The number of hydrogen-bond donors (Lipinski definition) is 0. The molecule has 0 aromatic heterocycles. The van der Waals surface area contributed by atoms with Gasteiger partial charge in [0.05, 0.1) is 12.1 Å². The maximum absolute atomic E-state index is 12.6. The molecule has 0 amide bonds. The van der Waals surface area contributed by atoms with Crippen molar-refractivity contribution in [3.63, 3.8) is 0 Å². The van der Waals surface area contributed by atoms with E-state index in [1.807, 2.05) is 30.3 Å². The third-order valence-electron chi connectivity index (χ3n) is 4.39. The van der Waals surface area contributed by atoms with Gasteiger partial charge in [-0.05, 0) is 36.2 Å². The van der Waals surface area contributed by atoms with E-state index in [1.54, 1.807) is 0 Å². The minimum Gasteiger partial charge on any atom is -0.298 e. The van der Waals surface area contributed by atoms with Gasteiger partial charge < -0.3 is 0 Å². The second kappa shape index (κ2) is 8.02. The molecule has 1 heterocycles. The number of carbonyl (C=O) groups excluding carboxylic acids is 1. The van der Waals surface area contributed by atoms with Crippen LogP contribution in [0.5, 0.6) is 0 Å². The Balaban J connectivity index is 0.00000225. The van der Waals surface area contributed by atoms with Crippen molar-refractivity contribution < 1.29 is 18.0 Å². The van der Waals surface area contributed by atoms with E-state index in [9.17, 15) is 18.0 Å². The summed E-state index contributed by atoms with van der Waals surface area (Å²) < 4.78 is 37.9. The van der Waals surface area contributed by atoms with E-state index in [0.717, 1.165) is 24.2 Å². The monoisotopic (exact) mass is 369 g/mol. The highest BCUT2D eigenvalue weighted by Gasteiger charge is 2.32. The molecule has 6 heteroatoms. The maximum Gasteiger partial charge on any atom is 0.416 e. The smallest absolute Gasteiger partial charge is 0.298 e. The fourth-order valence-corrected chi connectivity index (χ4v) is 3.12. The summed E-state index contributed by atoms with van der Waals surface area (Å²) in [6.45, 7) is 1.80. The quantitative estimate of drug-likeness (QED) is 0.782. The molecule has 1 saturated heterocycles. The van der Waals surface area contributed by atoms with Crippen LogP contribution in [0.15, 0.2) is 54.6 Å². The molecule has 0 saturated carbocycles. The van der Waals surface area contributed by atoms with Crippen molar-refractivity contribution in [1.29, 1.82) is 0 Å². The van der Waals surface area contributed by atoms with Crippen molar-refractivity contribution in [2.75, 3.05) is 13.1 Å². The van der Waals surface area contributed by atoms with Gasteiger partial charge in [-0.3, -0.25) is 9.69 Å². The number of halogens is 4. The molecule has 25 heavy (non-hydrogen) atoms. The first-order chi connectivity index (χ1) is 11.4. The van der Waals surface area contributed by atoms with Crippen LogP contribution in [-0.2, 0) is 17.5 Å². The van der Waals surface area contributed by atoms with Crippen LogP contribution in [0.3, 0.4) is 0 Å². The molecule has 0 N–H and O–H groups in total. The predicted molar refractivity (Wildman–Crippen MR) is 92.8 cm³/mol. The molecule has 1 aliphatic heterocycles. The lowest BCUT2D eigenvalue weighted by Crippen LogP contribution is -2.39. The van der Waals surface area contributed by atoms with Gasteiger partial charge >= 0.3 is 6.18 Å². The summed E-state index contributed by atoms with van der Waals surface area (Å²) >= 11 is 0. The van der Waals surface area contributed by atoms with Gasteiger partial charge in [0.1, 0.15) is 0 Å². The van der Waals surface area contributed by atoms with Gasteiger partial charge in [-0.2, -0.15) is 13.2 Å². The van der Waals surface area contributed by atoms with E-state index >= 15 is 0 Å². The second-order valence-electron chi connectivity index (χ2n) is 6.12. The Labute approximate surface area is 151 Å². The number of benzene rings is 2. The molecule has 0 aliphatic carbocycles. The minimum atomic E-state index is -4.35. The van der Waals surface area contributed by atoms with Gasteiger partial charge in [0.25, 0.3) is 0 Å². The Morgan fingerprint density at radius 1 is 1.00 bits per heavy atom. The SMILES string of the molecule is Cl.O=C1CN(Cc2ccccc2)CCC1c1ccc(C(F)(F)F)cc1. The average molecular weight is 370 g/mol. The summed E-state index contributed by atoms with van der Waals surface area (Å²) in [5.74, 6) is -0.240.